The third-order valence-electron chi connectivity index (χ3n) is 5.28. The molecule has 0 radical (unpaired) electrons. The molecule has 1 fully saturated rings. The van der Waals surface area contributed by atoms with Crippen LogP contribution in [0.15, 0.2) is 78.9 Å². The number of amides is 2. The quantitative estimate of drug-likeness (QED) is 0.513. The van der Waals surface area contributed by atoms with E-state index in [2.05, 4.69) is 25.2 Å². The highest BCUT2D eigenvalue weighted by molar-refractivity contribution is 8.00. The molecule has 0 aliphatic carbocycles. The highest BCUT2D eigenvalue weighted by Gasteiger charge is 2.35. The van der Waals surface area contributed by atoms with Crippen molar-refractivity contribution in [2.24, 2.45) is 0 Å². The molecular formula is C26H26N2O3S. The van der Waals surface area contributed by atoms with Crippen molar-refractivity contribution in [3.63, 3.8) is 0 Å². The maximum Gasteiger partial charge on any atom is 0.262 e. The van der Waals surface area contributed by atoms with E-state index in [-0.39, 0.29) is 23.8 Å². The normalized spacial score (nSPS) is 15.8. The number of benzene rings is 3. The highest BCUT2D eigenvalue weighted by atomic mass is 32.2. The van der Waals surface area contributed by atoms with Gasteiger partial charge in [-0.25, -0.2) is 0 Å². The summed E-state index contributed by atoms with van der Waals surface area (Å²) in [6.45, 7) is 4.22. The van der Waals surface area contributed by atoms with E-state index < -0.39 is 0 Å². The van der Waals surface area contributed by atoms with E-state index in [0.29, 0.717) is 23.1 Å². The van der Waals surface area contributed by atoms with Gasteiger partial charge >= 0.3 is 0 Å². The predicted octanol–water partition coefficient (Wildman–Crippen LogP) is 5.61. The summed E-state index contributed by atoms with van der Waals surface area (Å²) in [5, 5.41) is 2.77. The predicted molar refractivity (Wildman–Crippen MR) is 130 cm³/mol. The summed E-state index contributed by atoms with van der Waals surface area (Å²) >= 11 is 1.62. The Morgan fingerprint density at radius 3 is 2.44 bits per heavy atom. The van der Waals surface area contributed by atoms with Crippen molar-refractivity contribution < 1.29 is 14.3 Å². The Hall–Kier alpha value is -3.25. The minimum Gasteiger partial charge on any atom is -0.484 e. The largest absolute Gasteiger partial charge is 0.484 e. The molecule has 3 aromatic rings. The first-order chi connectivity index (χ1) is 15.5. The molecule has 5 nitrogen and oxygen atoms in total. The molecule has 1 N–H and O–H groups in total. The second-order valence-corrected chi connectivity index (χ2v) is 8.98. The number of anilines is 2. The number of nitrogens with zero attached hydrogens (tertiary/aromatic N) is 1. The average Bonchev–Trinajstić information content (AvgIpc) is 3.20. The van der Waals surface area contributed by atoms with E-state index in [1.54, 1.807) is 11.8 Å². The number of ether oxygens (including phenoxy) is 1. The standard InChI is InChI=1S/C26H26N2O3S/c1-18(2)22-10-6-7-11-23(22)28-25(30)17-32-26(28)19-12-14-20(15-13-19)27-24(29)16-31-21-8-4-3-5-9-21/h3-15,18,26H,16-17H2,1-2H3,(H,27,29)/t26-/m0/s1. The lowest BCUT2D eigenvalue weighted by Gasteiger charge is -2.27. The van der Waals surface area contributed by atoms with Gasteiger partial charge in [0.2, 0.25) is 5.91 Å². The first-order valence-electron chi connectivity index (χ1n) is 10.6. The first kappa shape index (κ1) is 22.0. The summed E-state index contributed by atoms with van der Waals surface area (Å²) in [7, 11) is 0. The third-order valence-corrected chi connectivity index (χ3v) is 6.49. The Kier molecular flexibility index (Phi) is 6.81. The summed E-state index contributed by atoms with van der Waals surface area (Å²) in [6.07, 6.45) is 0. The van der Waals surface area contributed by atoms with E-state index >= 15 is 0 Å². The van der Waals surface area contributed by atoms with Crippen LogP contribution in [0, 0.1) is 0 Å². The lowest BCUT2D eigenvalue weighted by atomic mass is 10.00. The van der Waals surface area contributed by atoms with Crippen molar-refractivity contribution in [2.45, 2.75) is 25.1 Å². The Balaban J connectivity index is 1.45. The monoisotopic (exact) mass is 446 g/mol. The van der Waals surface area contributed by atoms with E-state index in [1.807, 2.05) is 77.7 Å². The topological polar surface area (TPSA) is 58.6 Å². The number of hydrogen-bond donors (Lipinski definition) is 1. The number of nitrogens with one attached hydrogen (secondary N) is 1. The van der Waals surface area contributed by atoms with Crippen molar-refractivity contribution in [3.8, 4) is 5.75 Å². The second kappa shape index (κ2) is 9.92. The SMILES string of the molecule is CC(C)c1ccccc1N1C(=O)CS[C@H]1c1ccc(NC(=O)COc2ccccc2)cc1. The number of thioether (sulfide) groups is 1. The second-order valence-electron chi connectivity index (χ2n) is 7.91. The fourth-order valence-electron chi connectivity index (χ4n) is 3.72. The van der Waals surface area contributed by atoms with Gasteiger partial charge in [0.15, 0.2) is 6.61 Å². The third kappa shape index (κ3) is 4.97. The van der Waals surface area contributed by atoms with Gasteiger partial charge in [0, 0.05) is 11.4 Å². The zero-order valence-corrected chi connectivity index (χ0v) is 19.0. The van der Waals surface area contributed by atoms with Crippen molar-refractivity contribution in [1.29, 1.82) is 0 Å². The van der Waals surface area contributed by atoms with E-state index in [0.717, 1.165) is 16.8 Å². The van der Waals surface area contributed by atoms with Gasteiger partial charge in [0.1, 0.15) is 11.1 Å². The molecule has 0 saturated carbocycles. The van der Waals surface area contributed by atoms with Crippen LogP contribution in [0.5, 0.6) is 5.75 Å². The zero-order chi connectivity index (χ0) is 22.5. The van der Waals surface area contributed by atoms with Gasteiger partial charge in [-0.15, -0.1) is 11.8 Å². The molecule has 1 saturated heterocycles. The first-order valence-corrected chi connectivity index (χ1v) is 11.7. The summed E-state index contributed by atoms with van der Waals surface area (Å²) < 4.78 is 5.49. The Morgan fingerprint density at radius 2 is 1.72 bits per heavy atom. The Bertz CT molecular complexity index is 1080. The molecule has 0 spiro atoms. The van der Waals surface area contributed by atoms with Gasteiger partial charge in [0.25, 0.3) is 5.91 Å². The smallest absolute Gasteiger partial charge is 0.262 e. The van der Waals surface area contributed by atoms with E-state index in [9.17, 15) is 9.59 Å². The van der Waals surface area contributed by atoms with Gasteiger partial charge < -0.3 is 10.1 Å². The maximum atomic E-state index is 12.8. The van der Waals surface area contributed by atoms with Crippen molar-refractivity contribution >= 4 is 35.0 Å². The minimum atomic E-state index is -0.223. The summed E-state index contributed by atoms with van der Waals surface area (Å²) in [5.41, 5.74) is 3.85. The maximum absolute atomic E-state index is 12.8. The van der Waals surface area contributed by atoms with E-state index in [4.69, 9.17) is 4.74 Å². The highest BCUT2D eigenvalue weighted by Crippen LogP contribution is 2.44. The van der Waals surface area contributed by atoms with Crippen LogP contribution < -0.4 is 15.0 Å². The number of hydrogen-bond acceptors (Lipinski definition) is 4. The molecule has 0 unspecified atom stereocenters. The number of para-hydroxylation sites is 2. The lowest BCUT2D eigenvalue weighted by molar-refractivity contribution is -0.118. The molecule has 4 rings (SSSR count). The van der Waals surface area contributed by atoms with Crippen molar-refractivity contribution in [1.82, 2.24) is 0 Å². The minimum absolute atomic E-state index is 0.0570. The molecule has 1 aliphatic rings. The van der Waals surface area contributed by atoms with E-state index in [1.165, 1.54) is 0 Å². The molecule has 2 amide bonds. The molecule has 0 aromatic heterocycles. The van der Waals surface area contributed by atoms with Crippen LogP contribution in [0.25, 0.3) is 0 Å². The van der Waals surface area contributed by atoms with Crippen LogP contribution in [0.1, 0.15) is 36.3 Å². The van der Waals surface area contributed by atoms with Crippen LogP contribution >= 0.6 is 11.8 Å². The molecule has 164 valence electrons. The molecule has 1 heterocycles. The van der Waals surface area contributed by atoms with Crippen LogP contribution in [0.3, 0.4) is 0 Å². The fourth-order valence-corrected chi connectivity index (χ4v) is 4.89. The summed E-state index contributed by atoms with van der Waals surface area (Å²) in [4.78, 5) is 26.9. The molecule has 6 heteroatoms. The fraction of sp³-hybridized carbons (Fsp3) is 0.231. The Morgan fingerprint density at radius 1 is 1.03 bits per heavy atom. The van der Waals surface area contributed by atoms with Crippen LogP contribution in [0.2, 0.25) is 0 Å². The van der Waals surface area contributed by atoms with Crippen molar-refractivity contribution in [3.05, 3.63) is 90.0 Å². The van der Waals surface area contributed by atoms with Crippen LogP contribution in [-0.2, 0) is 9.59 Å². The van der Waals surface area contributed by atoms with Gasteiger partial charge in [0.05, 0.1) is 5.75 Å². The molecule has 32 heavy (non-hydrogen) atoms. The molecule has 0 bridgehead atoms. The molecule has 1 atom stereocenters. The average molecular weight is 447 g/mol. The number of carbonyl (C=O) groups is 2. The van der Waals surface area contributed by atoms with Crippen molar-refractivity contribution in [2.75, 3.05) is 22.6 Å². The molecule has 1 aliphatic heterocycles. The Labute approximate surface area is 192 Å². The number of rotatable bonds is 7. The molecule has 3 aromatic carbocycles. The number of carbonyl (C=O) groups excluding carboxylic acids is 2. The van der Waals surface area contributed by atoms with Gasteiger partial charge in [-0.2, -0.15) is 0 Å². The summed E-state index contributed by atoms with van der Waals surface area (Å²) in [6, 6.07) is 25.0. The summed E-state index contributed by atoms with van der Waals surface area (Å²) in [5.74, 6) is 1.32. The van der Waals surface area contributed by atoms with Gasteiger partial charge in [-0.3, -0.25) is 14.5 Å². The van der Waals surface area contributed by atoms with Crippen LogP contribution in [-0.4, -0.2) is 24.2 Å². The van der Waals surface area contributed by atoms with Gasteiger partial charge in [-0.05, 0) is 47.4 Å². The lowest BCUT2D eigenvalue weighted by Crippen LogP contribution is -2.29. The van der Waals surface area contributed by atoms with Crippen LogP contribution in [0.4, 0.5) is 11.4 Å². The molecular weight excluding hydrogens is 420 g/mol. The van der Waals surface area contributed by atoms with Gasteiger partial charge in [-0.1, -0.05) is 62.4 Å². The zero-order valence-electron chi connectivity index (χ0n) is 18.2.